The van der Waals surface area contributed by atoms with E-state index in [0.717, 1.165) is 32.5 Å². The second kappa shape index (κ2) is 6.66. The van der Waals surface area contributed by atoms with Gasteiger partial charge in [0.15, 0.2) is 11.5 Å². The van der Waals surface area contributed by atoms with Gasteiger partial charge in [-0.15, -0.1) is 0 Å². The molecule has 0 spiro atoms. The number of aryl methyl sites for hydroxylation is 1. The van der Waals surface area contributed by atoms with Gasteiger partial charge in [0.2, 0.25) is 5.88 Å². The fourth-order valence-corrected chi connectivity index (χ4v) is 3.53. The molecule has 3 N–H and O–H groups in total. The van der Waals surface area contributed by atoms with E-state index in [1.54, 1.807) is 22.8 Å². The first-order valence-corrected chi connectivity index (χ1v) is 9.31. The Morgan fingerprint density at radius 2 is 1.89 bits per heavy atom. The van der Waals surface area contributed by atoms with E-state index in [9.17, 15) is 10.2 Å². The van der Waals surface area contributed by atoms with Gasteiger partial charge in [0.25, 0.3) is 0 Å². The van der Waals surface area contributed by atoms with Crippen molar-refractivity contribution in [2.45, 2.75) is 13.8 Å². The molecule has 4 aromatic rings. The summed E-state index contributed by atoms with van der Waals surface area (Å²) in [5.74, 6) is 0.549. The van der Waals surface area contributed by atoms with Crippen LogP contribution in [0.3, 0.4) is 0 Å². The predicted octanol–water partition coefficient (Wildman–Crippen LogP) is 4.90. The van der Waals surface area contributed by atoms with Crippen LogP contribution in [0.5, 0.6) is 17.4 Å². The van der Waals surface area contributed by atoms with Gasteiger partial charge in [-0.25, -0.2) is 0 Å². The van der Waals surface area contributed by atoms with E-state index in [2.05, 4.69) is 26.1 Å². The average molecular weight is 428 g/mol. The highest BCUT2D eigenvalue weighted by Gasteiger charge is 2.23. The van der Waals surface area contributed by atoms with Gasteiger partial charge in [-0.05, 0) is 56.3 Å². The predicted molar refractivity (Wildman–Crippen MR) is 108 cm³/mol. The van der Waals surface area contributed by atoms with Gasteiger partial charge >= 0.3 is 0 Å². The molecule has 0 radical (unpaired) electrons. The molecule has 4 rings (SSSR count). The van der Waals surface area contributed by atoms with Gasteiger partial charge < -0.3 is 14.9 Å². The van der Waals surface area contributed by atoms with Crippen molar-refractivity contribution in [1.82, 2.24) is 14.8 Å². The quantitative estimate of drug-likeness (QED) is 0.432. The first kappa shape index (κ1) is 17.5. The second-order valence-electron chi connectivity index (χ2n) is 6.16. The monoisotopic (exact) mass is 427 g/mol. The van der Waals surface area contributed by atoms with E-state index in [4.69, 9.17) is 4.74 Å². The number of phenolic OH excluding ortho intramolecular Hbond substituents is 1. The van der Waals surface area contributed by atoms with E-state index >= 15 is 0 Å². The summed E-state index contributed by atoms with van der Waals surface area (Å²) >= 11 is 3.44. The Kier molecular flexibility index (Phi) is 4.31. The van der Waals surface area contributed by atoms with E-state index in [-0.39, 0.29) is 11.6 Å². The summed E-state index contributed by atoms with van der Waals surface area (Å²) in [5, 5.41) is 28.9. The molecule has 2 aromatic carbocycles. The molecule has 0 amide bonds. The highest BCUT2D eigenvalue weighted by Crippen LogP contribution is 2.42. The number of halogens is 1. The third kappa shape index (κ3) is 2.84. The number of hydrogen-bond donors (Lipinski definition) is 3. The lowest BCUT2D eigenvalue weighted by molar-refractivity contribution is 0.318. The normalized spacial score (nSPS) is 11.2. The van der Waals surface area contributed by atoms with Crippen LogP contribution in [-0.2, 0) is 0 Å². The zero-order valence-electron chi connectivity index (χ0n) is 14.8. The van der Waals surface area contributed by atoms with Crippen LogP contribution in [0.4, 0.5) is 0 Å². The van der Waals surface area contributed by atoms with Crippen LogP contribution in [0.25, 0.3) is 27.8 Å². The molecule has 0 aliphatic carbocycles. The number of aromatic hydroxyl groups is 2. The number of ether oxygens (including phenoxy) is 1. The van der Waals surface area contributed by atoms with Crippen LogP contribution in [-0.4, -0.2) is 31.6 Å². The number of nitrogens with one attached hydrogen (secondary N) is 1. The van der Waals surface area contributed by atoms with E-state index < -0.39 is 0 Å². The van der Waals surface area contributed by atoms with Gasteiger partial charge in [-0.2, -0.15) is 5.10 Å². The number of benzene rings is 2. The smallest absolute Gasteiger partial charge is 0.222 e. The summed E-state index contributed by atoms with van der Waals surface area (Å²) in [6, 6.07) is 12.8. The van der Waals surface area contributed by atoms with Crippen molar-refractivity contribution in [1.29, 1.82) is 0 Å². The van der Waals surface area contributed by atoms with E-state index in [1.165, 1.54) is 0 Å². The Morgan fingerprint density at radius 1 is 1.15 bits per heavy atom. The molecule has 2 aromatic heterocycles. The van der Waals surface area contributed by atoms with Gasteiger partial charge in [0.05, 0.1) is 23.4 Å². The summed E-state index contributed by atoms with van der Waals surface area (Å²) in [7, 11) is 0. The van der Waals surface area contributed by atoms with Crippen LogP contribution in [0.15, 0.2) is 46.9 Å². The molecule has 27 heavy (non-hydrogen) atoms. The van der Waals surface area contributed by atoms with Crippen molar-refractivity contribution < 1.29 is 14.9 Å². The lowest BCUT2D eigenvalue weighted by atomic mass is 10.1. The average Bonchev–Trinajstić information content (AvgIpc) is 3.17. The third-order valence-electron chi connectivity index (χ3n) is 4.46. The van der Waals surface area contributed by atoms with Crippen molar-refractivity contribution in [3.8, 4) is 34.3 Å². The molecule has 0 bridgehead atoms. The number of fused-ring (bicyclic) bond motifs is 1. The lowest BCUT2D eigenvalue weighted by Gasteiger charge is -2.13. The van der Waals surface area contributed by atoms with Crippen LogP contribution < -0.4 is 4.74 Å². The number of nitrogens with zero attached hydrogens (tertiary/aromatic N) is 2. The number of aromatic nitrogens is 3. The van der Waals surface area contributed by atoms with Crippen molar-refractivity contribution in [2.75, 3.05) is 6.61 Å². The molecule has 2 heterocycles. The highest BCUT2D eigenvalue weighted by molar-refractivity contribution is 9.10. The van der Waals surface area contributed by atoms with E-state index in [0.29, 0.717) is 17.9 Å². The fourth-order valence-electron chi connectivity index (χ4n) is 3.26. The Labute approximate surface area is 164 Å². The molecular formula is C20H18BrN3O3. The summed E-state index contributed by atoms with van der Waals surface area (Å²) in [6.07, 6.45) is 0. The molecular weight excluding hydrogens is 410 g/mol. The Balaban J connectivity index is 2.04. The summed E-state index contributed by atoms with van der Waals surface area (Å²) in [4.78, 5) is 0. The van der Waals surface area contributed by atoms with Gasteiger partial charge in [0, 0.05) is 15.7 Å². The molecule has 0 atom stereocenters. The zero-order chi connectivity index (χ0) is 19.1. The van der Waals surface area contributed by atoms with Crippen LogP contribution in [0.2, 0.25) is 0 Å². The maximum absolute atomic E-state index is 10.9. The Bertz CT molecular complexity index is 1130. The zero-order valence-corrected chi connectivity index (χ0v) is 16.4. The largest absolute Gasteiger partial charge is 0.504 e. The molecule has 6 nitrogen and oxygen atoms in total. The molecule has 0 saturated carbocycles. The van der Waals surface area contributed by atoms with Crippen LogP contribution >= 0.6 is 15.9 Å². The van der Waals surface area contributed by atoms with Crippen molar-refractivity contribution in [3.63, 3.8) is 0 Å². The summed E-state index contributed by atoms with van der Waals surface area (Å²) in [6.45, 7) is 4.19. The Morgan fingerprint density at radius 3 is 2.59 bits per heavy atom. The van der Waals surface area contributed by atoms with Crippen molar-refractivity contribution >= 4 is 26.8 Å². The first-order valence-electron chi connectivity index (χ1n) is 8.51. The standard InChI is InChI=1S/C20H18BrN3O3/c1-3-27-16-10-12(4-9-15(16)25)19-17-11(2)22-23-18(17)20(26)24(19)14-7-5-13(21)6-8-14/h4-10,23,25-26H,3H2,1-2H3. The molecule has 0 aliphatic heterocycles. The van der Waals surface area contributed by atoms with Gasteiger partial charge in [-0.3, -0.25) is 9.67 Å². The highest BCUT2D eigenvalue weighted by atomic mass is 79.9. The summed E-state index contributed by atoms with van der Waals surface area (Å²) < 4.78 is 8.26. The van der Waals surface area contributed by atoms with Crippen molar-refractivity contribution in [2.24, 2.45) is 0 Å². The molecule has 0 aliphatic rings. The Hall–Kier alpha value is -2.93. The molecule has 7 heteroatoms. The minimum absolute atomic E-state index is 0.0757. The number of phenols is 1. The number of hydrogen-bond acceptors (Lipinski definition) is 4. The fraction of sp³-hybridized carbons (Fsp3) is 0.150. The number of aromatic amines is 1. The van der Waals surface area contributed by atoms with Crippen LogP contribution in [0.1, 0.15) is 12.6 Å². The molecule has 0 unspecified atom stereocenters. The lowest BCUT2D eigenvalue weighted by Crippen LogP contribution is -1.98. The van der Waals surface area contributed by atoms with E-state index in [1.807, 2.05) is 38.1 Å². The number of H-pyrrole nitrogens is 1. The minimum Gasteiger partial charge on any atom is -0.504 e. The maximum Gasteiger partial charge on any atom is 0.222 e. The van der Waals surface area contributed by atoms with Gasteiger partial charge in [0.1, 0.15) is 5.52 Å². The second-order valence-corrected chi connectivity index (χ2v) is 7.07. The first-order chi connectivity index (χ1) is 13.0. The molecule has 0 saturated heterocycles. The van der Waals surface area contributed by atoms with Gasteiger partial charge in [-0.1, -0.05) is 15.9 Å². The van der Waals surface area contributed by atoms with Crippen LogP contribution in [0, 0.1) is 6.92 Å². The van der Waals surface area contributed by atoms with Crippen molar-refractivity contribution in [3.05, 3.63) is 52.6 Å². The minimum atomic E-state index is 0.0757. The summed E-state index contributed by atoms with van der Waals surface area (Å²) in [5.41, 5.74) is 3.72. The SMILES string of the molecule is CCOc1cc(-c2c3c(C)n[nH]c3c(O)n2-c2ccc(Br)cc2)ccc1O. The molecule has 0 fully saturated rings. The topological polar surface area (TPSA) is 83.3 Å². The maximum atomic E-state index is 10.9. The third-order valence-corrected chi connectivity index (χ3v) is 4.99. The molecule has 138 valence electrons. The number of rotatable bonds is 4.